The summed E-state index contributed by atoms with van der Waals surface area (Å²) in [6, 6.07) is 0. The van der Waals surface area contributed by atoms with Crippen LogP contribution >= 0.6 is 0 Å². The average Bonchev–Trinajstić information content (AvgIpc) is 2.41. The molecular formula is C13H22N2O4S2. The van der Waals surface area contributed by atoms with E-state index in [0.29, 0.717) is 32.5 Å². The molecule has 120 valence electrons. The summed E-state index contributed by atoms with van der Waals surface area (Å²) in [5.41, 5.74) is 0. The van der Waals surface area contributed by atoms with Crippen LogP contribution in [0.15, 0.2) is 24.9 Å². The third-order valence-corrected chi connectivity index (χ3v) is 7.86. The first kappa shape index (κ1) is 16.5. The second-order valence-electron chi connectivity index (χ2n) is 5.35. The topological polar surface area (TPSA) is 74.8 Å². The van der Waals surface area contributed by atoms with Gasteiger partial charge in [0, 0.05) is 25.8 Å². The number of hydrogen-bond acceptors (Lipinski definition) is 4. The molecule has 1 unspecified atom stereocenters. The van der Waals surface area contributed by atoms with Gasteiger partial charge in [-0.15, -0.1) is 6.58 Å². The molecular weight excluding hydrogens is 312 g/mol. The van der Waals surface area contributed by atoms with Crippen LogP contribution < -0.4 is 0 Å². The van der Waals surface area contributed by atoms with Crippen LogP contribution in [0, 0.1) is 0 Å². The number of rotatable bonds is 4. The second kappa shape index (κ2) is 6.50. The molecule has 2 fully saturated rings. The highest BCUT2D eigenvalue weighted by atomic mass is 32.2. The summed E-state index contributed by atoms with van der Waals surface area (Å²) in [4.78, 5) is 0. The Morgan fingerprint density at radius 2 is 1.86 bits per heavy atom. The predicted octanol–water partition coefficient (Wildman–Crippen LogP) is 0.906. The van der Waals surface area contributed by atoms with Crippen LogP contribution in [-0.4, -0.2) is 56.1 Å². The number of hydrogen-bond donors (Lipinski definition) is 0. The van der Waals surface area contributed by atoms with Crippen molar-refractivity contribution in [2.75, 3.05) is 25.4 Å². The van der Waals surface area contributed by atoms with Gasteiger partial charge in [-0.3, -0.25) is 4.31 Å². The van der Waals surface area contributed by atoms with Crippen LogP contribution in [0.25, 0.3) is 0 Å². The Kier molecular flexibility index (Phi) is 5.11. The largest absolute Gasteiger partial charge is 0.278 e. The van der Waals surface area contributed by atoms with Crippen molar-refractivity contribution < 1.29 is 16.8 Å². The van der Waals surface area contributed by atoms with Gasteiger partial charge in [0.1, 0.15) is 0 Å². The van der Waals surface area contributed by atoms with Gasteiger partial charge in [-0.05, 0) is 31.8 Å². The predicted molar refractivity (Wildman–Crippen MR) is 82.6 cm³/mol. The van der Waals surface area contributed by atoms with Gasteiger partial charge in [0.15, 0.2) is 0 Å². The molecule has 1 atom stereocenters. The monoisotopic (exact) mass is 334 g/mol. The first-order chi connectivity index (χ1) is 9.88. The van der Waals surface area contributed by atoms with Gasteiger partial charge in [0.05, 0.1) is 11.0 Å². The molecule has 2 aliphatic rings. The van der Waals surface area contributed by atoms with Gasteiger partial charge in [-0.1, -0.05) is 6.08 Å². The normalized spacial score (nSPS) is 29.5. The summed E-state index contributed by atoms with van der Waals surface area (Å²) >= 11 is 0. The van der Waals surface area contributed by atoms with Crippen LogP contribution in [0.2, 0.25) is 0 Å². The van der Waals surface area contributed by atoms with Gasteiger partial charge >= 0.3 is 0 Å². The first-order valence-corrected chi connectivity index (χ1v) is 10.3. The summed E-state index contributed by atoms with van der Waals surface area (Å²) in [6.45, 7) is 4.81. The van der Waals surface area contributed by atoms with E-state index in [1.807, 2.05) is 0 Å². The third-order valence-electron chi connectivity index (χ3n) is 3.83. The minimum absolute atomic E-state index is 0.136. The summed E-state index contributed by atoms with van der Waals surface area (Å²) in [7, 11) is -6.67. The highest BCUT2D eigenvalue weighted by molar-refractivity contribution is 7.90. The summed E-state index contributed by atoms with van der Waals surface area (Å²) in [5.74, 6) is 0.136. The molecule has 0 spiro atoms. The second-order valence-corrected chi connectivity index (χ2v) is 9.54. The van der Waals surface area contributed by atoms with E-state index < -0.39 is 25.3 Å². The van der Waals surface area contributed by atoms with Crippen molar-refractivity contribution in [1.29, 1.82) is 0 Å². The molecule has 0 aromatic rings. The van der Waals surface area contributed by atoms with Crippen LogP contribution in [0.5, 0.6) is 0 Å². The van der Waals surface area contributed by atoms with E-state index in [2.05, 4.69) is 6.58 Å². The Labute approximate surface area is 127 Å². The molecule has 2 heterocycles. The lowest BCUT2D eigenvalue weighted by Crippen LogP contribution is -2.43. The Balaban J connectivity index is 2.14. The van der Waals surface area contributed by atoms with E-state index in [4.69, 9.17) is 0 Å². The van der Waals surface area contributed by atoms with Crippen molar-refractivity contribution in [2.45, 2.75) is 30.9 Å². The maximum Gasteiger partial charge on any atom is 0.234 e. The Hall–Kier alpha value is -0.860. The van der Waals surface area contributed by atoms with Gasteiger partial charge in [0.25, 0.3) is 0 Å². The smallest absolute Gasteiger partial charge is 0.234 e. The zero-order valence-corrected chi connectivity index (χ0v) is 13.7. The molecule has 0 aromatic carbocycles. The van der Waals surface area contributed by atoms with Crippen molar-refractivity contribution in [2.24, 2.45) is 0 Å². The zero-order valence-electron chi connectivity index (χ0n) is 12.0. The van der Waals surface area contributed by atoms with Crippen LogP contribution in [-0.2, 0) is 20.0 Å². The zero-order chi connectivity index (χ0) is 15.5. The van der Waals surface area contributed by atoms with Crippen molar-refractivity contribution in [3.05, 3.63) is 24.9 Å². The average molecular weight is 334 g/mol. The van der Waals surface area contributed by atoms with Gasteiger partial charge in [-0.2, -0.15) is 4.31 Å². The highest BCUT2D eigenvalue weighted by Crippen LogP contribution is 2.23. The Morgan fingerprint density at radius 1 is 1.10 bits per heavy atom. The minimum atomic E-state index is -3.41. The molecule has 0 aliphatic carbocycles. The maximum atomic E-state index is 12.4. The van der Waals surface area contributed by atoms with E-state index in [-0.39, 0.29) is 5.75 Å². The standard InChI is InChI=1S/C13H22N2O4S2/c1-2-8-15-10-5-6-13(21(15,18)19)7-11-14-9-3-4-12-20(14,16)17/h2,7,11,13H,1,3-6,8-10,12H2/b11-7+. The fraction of sp³-hybridized carbons (Fsp3) is 0.692. The van der Waals surface area contributed by atoms with Gasteiger partial charge in [-0.25, -0.2) is 16.8 Å². The molecule has 2 saturated heterocycles. The van der Waals surface area contributed by atoms with E-state index in [0.717, 1.165) is 12.8 Å². The van der Waals surface area contributed by atoms with E-state index >= 15 is 0 Å². The molecule has 6 nitrogen and oxygen atoms in total. The molecule has 0 aromatic heterocycles. The van der Waals surface area contributed by atoms with Gasteiger partial charge in [0.2, 0.25) is 20.0 Å². The highest BCUT2D eigenvalue weighted by Gasteiger charge is 2.33. The molecule has 2 rings (SSSR count). The van der Waals surface area contributed by atoms with Crippen LogP contribution in [0.1, 0.15) is 25.7 Å². The first-order valence-electron chi connectivity index (χ1n) is 7.15. The maximum absolute atomic E-state index is 12.4. The quantitative estimate of drug-likeness (QED) is 0.716. The van der Waals surface area contributed by atoms with E-state index in [1.165, 1.54) is 20.9 Å². The summed E-state index contributed by atoms with van der Waals surface area (Å²) in [6.07, 6.45) is 7.31. The van der Waals surface area contributed by atoms with Crippen molar-refractivity contribution in [1.82, 2.24) is 8.61 Å². The fourth-order valence-corrected chi connectivity index (χ4v) is 5.92. The Bertz CT molecular complexity index is 610. The molecule has 2 aliphatic heterocycles. The molecule has 0 N–H and O–H groups in total. The molecule has 21 heavy (non-hydrogen) atoms. The van der Waals surface area contributed by atoms with E-state index in [9.17, 15) is 16.8 Å². The number of sulfonamides is 2. The molecule has 0 bridgehead atoms. The van der Waals surface area contributed by atoms with Crippen LogP contribution in [0.3, 0.4) is 0 Å². The molecule has 0 saturated carbocycles. The summed E-state index contributed by atoms with van der Waals surface area (Å²) in [5, 5.41) is -0.650. The third kappa shape index (κ3) is 3.67. The fourth-order valence-electron chi connectivity index (χ4n) is 2.64. The van der Waals surface area contributed by atoms with Crippen molar-refractivity contribution >= 4 is 20.0 Å². The Morgan fingerprint density at radius 3 is 2.52 bits per heavy atom. The summed E-state index contributed by atoms with van der Waals surface area (Å²) < 4.78 is 51.2. The SMILES string of the molecule is C=CCN1CCCC(/C=C/N2CCCCS2(=O)=O)S1(=O)=O. The van der Waals surface area contributed by atoms with E-state index in [1.54, 1.807) is 6.08 Å². The van der Waals surface area contributed by atoms with Crippen molar-refractivity contribution in [3.63, 3.8) is 0 Å². The molecule has 0 amide bonds. The minimum Gasteiger partial charge on any atom is -0.278 e. The number of nitrogens with zero attached hydrogens (tertiary/aromatic N) is 2. The molecule has 8 heteroatoms. The lowest BCUT2D eigenvalue weighted by molar-refractivity contribution is 0.396. The van der Waals surface area contributed by atoms with Crippen molar-refractivity contribution in [3.8, 4) is 0 Å². The van der Waals surface area contributed by atoms with Crippen LogP contribution in [0.4, 0.5) is 0 Å². The lowest BCUT2D eigenvalue weighted by Gasteiger charge is -2.31. The molecule has 0 radical (unpaired) electrons. The van der Waals surface area contributed by atoms with Gasteiger partial charge < -0.3 is 0 Å². The lowest BCUT2D eigenvalue weighted by atomic mass is 10.2.